The average molecular weight is 377 g/mol. The molecule has 0 saturated carbocycles. The Balaban J connectivity index is 2.28. The largest absolute Gasteiger partial charge is 0.496 e. The van der Waals surface area contributed by atoms with Crippen molar-refractivity contribution in [1.29, 1.82) is 5.26 Å². The molecule has 1 atom stereocenters. The Hall–Kier alpha value is -2.86. The number of carbonyl (C=O) groups excluding carboxylic acids is 1. The van der Waals surface area contributed by atoms with Crippen LogP contribution in [0.2, 0.25) is 0 Å². The fraction of sp³-hybridized carbons (Fsp3) is 0.412. The highest BCUT2D eigenvalue weighted by atomic mass is 32.1. The van der Waals surface area contributed by atoms with Crippen LogP contribution in [0.25, 0.3) is 10.2 Å². The maximum Gasteiger partial charge on any atom is 0.408 e. The zero-order valence-corrected chi connectivity index (χ0v) is 15.6. The summed E-state index contributed by atoms with van der Waals surface area (Å²) in [4.78, 5) is 27.6. The number of carboxylic acids is 1. The monoisotopic (exact) mass is 377 g/mol. The second kappa shape index (κ2) is 7.58. The number of aliphatic carboxylic acids is 1. The maximum atomic E-state index is 11.9. The fourth-order valence-electron chi connectivity index (χ4n) is 2.27. The van der Waals surface area contributed by atoms with Gasteiger partial charge in [0.1, 0.15) is 23.5 Å². The van der Waals surface area contributed by atoms with Gasteiger partial charge in [-0.15, -0.1) is 11.3 Å². The Morgan fingerprint density at radius 3 is 2.65 bits per heavy atom. The highest BCUT2D eigenvalue weighted by Gasteiger charge is 2.25. The highest BCUT2D eigenvalue weighted by molar-refractivity contribution is 7.19. The Morgan fingerprint density at radius 1 is 1.42 bits per heavy atom. The third-order valence-corrected chi connectivity index (χ3v) is 4.22. The molecule has 2 N–H and O–H groups in total. The van der Waals surface area contributed by atoms with Crippen molar-refractivity contribution >= 4 is 33.6 Å². The molecule has 0 bridgehead atoms. The molecule has 0 radical (unpaired) electrons. The Labute approximate surface area is 154 Å². The minimum atomic E-state index is -1.20. The van der Waals surface area contributed by atoms with E-state index in [1.54, 1.807) is 32.9 Å². The number of amides is 1. The van der Waals surface area contributed by atoms with Crippen LogP contribution in [0, 0.1) is 11.3 Å². The maximum absolute atomic E-state index is 11.9. The minimum Gasteiger partial charge on any atom is -0.496 e. The second-order valence-electron chi connectivity index (χ2n) is 6.50. The molecule has 9 heteroatoms. The lowest BCUT2D eigenvalue weighted by Crippen LogP contribution is -2.44. The first-order chi connectivity index (χ1) is 12.1. The molecule has 1 amide bonds. The number of ether oxygens (including phenoxy) is 2. The van der Waals surface area contributed by atoms with Crippen molar-refractivity contribution in [1.82, 2.24) is 10.3 Å². The minimum absolute atomic E-state index is 0.0207. The van der Waals surface area contributed by atoms with E-state index in [1.807, 2.05) is 6.07 Å². The van der Waals surface area contributed by atoms with Crippen molar-refractivity contribution in [3.8, 4) is 11.8 Å². The molecular weight excluding hydrogens is 358 g/mol. The predicted molar refractivity (Wildman–Crippen MR) is 95.4 cm³/mol. The zero-order chi connectivity index (χ0) is 19.5. The number of benzene rings is 1. The zero-order valence-electron chi connectivity index (χ0n) is 14.8. The van der Waals surface area contributed by atoms with E-state index in [2.05, 4.69) is 10.3 Å². The summed E-state index contributed by atoms with van der Waals surface area (Å²) in [7, 11) is 1.47. The molecule has 0 saturated heterocycles. The van der Waals surface area contributed by atoms with Crippen LogP contribution in [-0.4, -0.2) is 40.9 Å². The molecule has 2 aromatic rings. The third-order valence-electron chi connectivity index (χ3n) is 3.30. The van der Waals surface area contributed by atoms with Gasteiger partial charge in [0, 0.05) is 6.42 Å². The standard InChI is InChI=1S/C17H19N3O5S/c1-17(2,3)25-16(23)20-11(15(21)22)6-9-5-10-13(7-12(9)24-4)26-14(8-18)19-10/h5,7,11H,6H2,1-4H3,(H,20,23)(H,21,22). The van der Waals surface area contributed by atoms with Crippen LogP contribution in [0.5, 0.6) is 5.75 Å². The van der Waals surface area contributed by atoms with E-state index in [-0.39, 0.29) is 6.42 Å². The summed E-state index contributed by atoms with van der Waals surface area (Å²) in [5.74, 6) is -0.739. The van der Waals surface area contributed by atoms with E-state index in [4.69, 9.17) is 14.7 Å². The van der Waals surface area contributed by atoms with Gasteiger partial charge in [0.05, 0.1) is 17.3 Å². The molecule has 1 aromatic carbocycles. The SMILES string of the molecule is COc1cc2sc(C#N)nc2cc1CC(NC(=O)OC(C)(C)C)C(=O)O. The van der Waals surface area contributed by atoms with Crippen LogP contribution in [0.3, 0.4) is 0 Å². The lowest BCUT2D eigenvalue weighted by molar-refractivity contribution is -0.139. The number of nitriles is 1. The van der Waals surface area contributed by atoms with Crippen molar-refractivity contribution in [2.75, 3.05) is 7.11 Å². The molecule has 2 rings (SSSR count). The molecular formula is C17H19N3O5S. The van der Waals surface area contributed by atoms with E-state index in [0.717, 1.165) is 4.70 Å². The molecule has 8 nitrogen and oxygen atoms in total. The van der Waals surface area contributed by atoms with E-state index >= 15 is 0 Å². The van der Waals surface area contributed by atoms with Crippen molar-refractivity contribution in [3.05, 3.63) is 22.7 Å². The van der Waals surface area contributed by atoms with Crippen molar-refractivity contribution in [2.45, 2.75) is 38.8 Å². The number of hydrogen-bond donors (Lipinski definition) is 2. The summed E-state index contributed by atoms with van der Waals surface area (Å²) >= 11 is 1.22. The number of fused-ring (bicyclic) bond motifs is 1. The lowest BCUT2D eigenvalue weighted by Gasteiger charge is -2.22. The smallest absolute Gasteiger partial charge is 0.408 e. The van der Waals surface area contributed by atoms with Gasteiger partial charge in [0.25, 0.3) is 0 Å². The first-order valence-electron chi connectivity index (χ1n) is 7.73. The first kappa shape index (κ1) is 19.5. The molecule has 1 unspecified atom stereocenters. The summed E-state index contributed by atoms with van der Waals surface area (Å²) in [5, 5.41) is 21.1. The van der Waals surface area contributed by atoms with Gasteiger partial charge in [-0.2, -0.15) is 5.26 Å². The van der Waals surface area contributed by atoms with Gasteiger partial charge in [0.2, 0.25) is 0 Å². The number of carboxylic acid groups (broad SMARTS) is 1. The molecule has 26 heavy (non-hydrogen) atoms. The number of nitrogens with zero attached hydrogens (tertiary/aromatic N) is 2. The lowest BCUT2D eigenvalue weighted by atomic mass is 10.0. The molecule has 0 aliphatic carbocycles. The van der Waals surface area contributed by atoms with Crippen molar-refractivity contribution < 1.29 is 24.2 Å². The van der Waals surface area contributed by atoms with Crippen LogP contribution in [0.4, 0.5) is 4.79 Å². The van der Waals surface area contributed by atoms with Crippen LogP contribution >= 0.6 is 11.3 Å². The Kier molecular flexibility index (Phi) is 5.67. The van der Waals surface area contributed by atoms with Crippen LogP contribution in [0.15, 0.2) is 12.1 Å². The van der Waals surface area contributed by atoms with E-state index in [0.29, 0.717) is 21.8 Å². The summed E-state index contributed by atoms with van der Waals surface area (Å²) in [6, 6.07) is 4.14. The second-order valence-corrected chi connectivity index (χ2v) is 7.53. The average Bonchev–Trinajstić information content (AvgIpc) is 2.93. The van der Waals surface area contributed by atoms with Crippen LogP contribution in [-0.2, 0) is 16.0 Å². The van der Waals surface area contributed by atoms with Gasteiger partial charge >= 0.3 is 12.1 Å². The number of thiazole rings is 1. The molecule has 0 aliphatic heterocycles. The van der Waals surface area contributed by atoms with E-state index in [1.165, 1.54) is 18.4 Å². The first-order valence-corrected chi connectivity index (χ1v) is 8.54. The van der Waals surface area contributed by atoms with Crippen molar-refractivity contribution in [3.63, 3.8) is 0 Å². The number of aromatic nitrogens is 1. The summed E-state index contributed by atoms with van der Waals surface area (Å²) in [6.45, 7) is 5.07. The highest BCUT2D eigenvalue weighted by Crippen LogP contribution is 2.30. The quantitative estimate of drug-likeness (QED) is 0.821. The van der Waals surface area contributed by atoms with Crippen LogP contribution in [0.1, 0.15) is 31.3 Å². The molecule has 0 fully saturated rings. The van der Waals surface area contributed by atoms with E-state index < -0.39 is 23.7 Å². The van der Waals surface area contributed by atoms with Gasteiger partial charge < -0.3 is 19.9 Å². The van der Waals surface area contributed by atoms with Crippen molar-refractivity contribution in [2.24, 2.45) is 0 Å². The molecule has 0 aliphatic rings. The molecule has 1 heterocycles. The molecule has 1 aromatic heterocycles. The van der Waals surface area contributed by atoms with E-state index in [9.17, 15) is 14.7 Å². The number of carbonyl (C=O) groups is 2. The predicted octanol–water partition coefficient (Wildman–Crippen LogP) is 2.70. The number of hydrogen-bond acceptors (Lipinski definition) is 7. The van der Waals surface area contributed by atoms with Gasteiger partial charge in [-0.1, -0.05) is 0 Å². The number of methoxy groups -OCH3 is 1. The number of rotatable bonds is 5. The van der Waals surface area contributed by atoms with Gasteiger partial charge in [-0.25, -0.2) is 14.6 Å². The van der Waals surface area contributed by atoms with Crippen LogP contribution < -0.4 is 10.1 Å². The fourth-order valence-corrected chi connectivity index (χ4v) is 3.04. The van der Waals surface area contributed by atoms with Gasteiger partial charge in [-0.05, 0) is 38.5 Å². The molecule has 0 spiro atoms. The summed E-state index contributed by atoms with van der Waals surface area (Å²) < 4.78 is 11.2. The number of alkyl carbamates (subject to hydrolysis) is 1. The van der Waals surface area contributed by atoms with Gasteiger partial charge in [-0.3, -0.25) is 0 Å². The topological polar surface area (TPSA) is 122 Å². The summed E-state index contributed by atoms with van der Waals surface area (Å²) in [6.07, 6.45) is -0.835. The Morgan fingerprint density at radius 2 is 2.12 bits per heavy atom. The third kappa shape index (κ3) is 4.83. The normalized spacial score (nSPS) is 12.3. The number of nitrogens with one attached hydrogen (secondary N) is 1. The van der Waals surface area contributed by atoms with Gasteiger partial charge in [0.15, 0.2) is 5.01 Å². The molecule has 138 valence electrons. The Bertz CT molecular complexity index is 879. The summed E-state index contributed by atoms with van der Waals surface area (Å²) in [5.41, 5.74) is 0.389.